The van der Waals surface area contributed by atoms with Gasteiger partial charge in [-0.05, 0) is 35.6 Å². The Bertz CT molecular complexity index is 866. The molecule has 4 heteroatoms. The van der Waals surface area contributed by atoms with Gasteiger partial charge in [-0.15, -0.1) is 11.3 Å². The Labute approximate surface area is 152 Å². The summed E-state index contributed by atoms with van der Waals surface area (Å²) in [5.74, 6) is -0.256. The van der Waals surface area contributed by atoms with E-state index in [2.05, 4.69) is 43.1 Å². The normalized spacial score (nSPS) is 11.0. The number of aromatic carboxylic acids is 1. The molecule has 0 atom stereocenters. The Hall–Kier alpha value is -2.46. The highest BCUT2D eigenvalue weighted by atomic mass is 32.1. The molecule has 128 valence electrons. The van der Waals surface area contributed by atoms with Crippen LogP contribution in [0.25, 0.3) is 10.6 Å². The third-order valence-corrected chi connectivity index (χ3v) is 4.90. The van der Waals surface area contributed by atoms with E-state index in [9.17, 15) is 4.79 Å². The van der Waals surface area contributed by atoms with Gasteiger partial charge in [0.15, 0.2) is 0 Å². The number of benzene rings is 2. The largest absolute Gasteiger partial charge is 0.478 e. The van der Waals surface area contributed by atoms with Gasteiger partial charge in [0.25, 0.3) is 0 Å². The Morgan fingerprint density at radius 2 is 1.84 bits per heavy atom. The maximum atomic E-state index is 11.1. The number of rotatable bonds is 6. The zero-order chi connectivity index (χ0) is 17.8. The van der Waals surface area contributed by atoms with Gasteiger partial charge in [-0.3, -0.25) is 0 Å². The van der Waals surface area contributed by atoms with Crippen molar-refractivity contribution in [3.63, 3.8) is 0 Å². The van der Waals surface area contributed by atoms with Crippen molar-refractivity contribution in [2.24, 2.45) is 5.92 Å². The molecule has 0 bridgehead atoms. The van der Waals surface area contributed by atoms with Crippen molar-refractivity contribution in [3.05, 3.63) is 76.3 Å². The van der Waals surface area contributed by atoms with Crippen molar-refractivity contribution in [1.29, 1.82) is 0 Å². The molecule has 1 N–H and O–H groups in total. The van der Waals surface area contributed by atoms with Crippen LogP contribution in [0.3, 0.4) is 0 Å². The van der Waals surface area contributed by atoms with Gasteiger partial charge >= 0.3 is 5.97 Å². The molecule has 3 aromatic rings. The molecule has 1 heterocycles. The second kappa shape index (κ2) is 7.62. The minimum Gasteiger partial charge on any atom is -0.478 e. The first-order valence-electron chi connectivity index (χ1n) is 8.37. The molecule has 0 aliphatic carbocycles. The van der Waals surface area contributed by atoms with Gasteiger partial charge in [-0.2, -0.15) is 0 Å². The molecular formula is C21H21NO2S. The van der Waals surface area contributed by atoms with Crippen LogP contribution in [0, 0.1) is 5.92 Å². The van der Waals surface area contributed by atoms with E-state index in [0.717, 1.165) is 29.1 Å². The third kappa shape index (κ3) is 4.54. The predicted octanol–water partition coefficient (Wildman–Crippen LogP) is 5.30. The molecule has 0 spiro atoms. The van der Waals surface area contributed by atoms with Crippen LogP contribution in [0.1, 0.15) is 41.0 Å². The van der Waals surface area contributed by atoms with Crippen molar-refractivity contribution in [2.45, 2.75) is 26.7 Å². The molecule has 25 heavy (non-hydrogen) atoms. The number of thiazole rings is 1. The van der Waals surface area contributed by atoms with Gasteiger partial charge < -0.3 is 5.11 Å². The highest BCUT2D eigenvalue weighted by Crippen LogP contribution is 2.25. The van der Waals surface area contributed by atoms with E-state index in [-0.39, 0.29) is 5.56 Å². The van der Waals surface area contributed by atoms with Crippen molar-refractivity contribution in [2.75, 3.05) is 0 Å². The second-order valence-electron chi connectivity index (χ2n) is 6.62. The lowest BCUT2D eigenvalue weighted by molar-refractivity contribution is 0.0697. The lowest BCUT2D eigenvalue weighted by Crippen LogP contribution is -1.96. The number of nitrogens with zero attached hydrogens (tertiary/aromatic N) is 1. The van der Waals surface area contributed by atoms with Crippen LogP contribution in [0.4, 0.5) is 0 Å². The fraction of sp³-hybridized carbons (Fsp3) is 0.238. The lowest BCUT2D eigenvalue weighted by Gasteiger charge is -2.06. The van der Waals surface area contributed by atoms with Crippen LogP contribution in [0.2, 0.25) is 0 Å². The van der Waals surface area contributed by atoms with Crippen molar-refractivity contribution in [1.82, 2.24) is 4.98 Å². The summed E-state index contributed by atoms with van der Waals surface area (Å²) in [7, 11) is 0. The van der Waals surface area contributed by atoms with E-state index in [0.29, 0.717) is 5.92 Å². The summed E-state index contributed by atoms with van der Waals surface area (Å²) in [6.45, 7) is 4.45. The van der Waals surface area contributed by atoms with Crippen LogP contribution in [0.5, 0.6) is 0 Å². The highest BCUT2D eigenvalue weighted by Gasteiger charge is 2.09. The highest BCUT2D eigenvalue weighted by molar-refractivity contribution is 7.13. The van der Waals surface area contributed by atoms with Crippen LogP contribution in [0.15, 0.2) is 53.9 Å². The predicted molar refractivity (Wildman–Crippen MR) is 102 cm³/mol. The standard InChI is InChI=1S/C21H21NO2S/c1-14(2)10-15-6-8-16(9-7-15)11-19-13-25-20(22-19)17-4-3-5-18(12-17)21(23)24/h3-9,12-14H,10-11H2,1-2H3,(H,23,24). The van der Waals surface area contributed by atoms with Crippen molar-refractivity contribution < 1.29 is 9.90 Å². The second-order valence-corrected chi connectivity index (χ2v) is 7.48. The van der Waals surface area contributed by atoms with Crippen LogP contribution >= 0.6 is 11.3 Å². The Kier molecular flexibility index (Phi) is 5.29. The molecule has 0 amide bonds. The van der Waals surface area contributed by atoms with E-state index >= 15 is 0 Å². The lowest BCUT2D eigenvalue weighted by atomic mass is 10.0. The molecule has 3 nitrogen and oxygen atoms in total. The molecule has 1 aromatic heterocycles. The topological polar surface area (TPSA) is 50.2 Å². The third-order valence-electron chi connectivity index (χ3n) is 3.96. The SMILES string of the molecule is CC(C)Cc1ccc(Cc2csc(-c3cccc(C(=O)O)c3)n2)cc1. The number of carboxylic acids is 1. The van der Waals surface area contributed by atoms with E-state index in [4.69, 9.17) is 5.11 Å². The number of carboxylic acid groups (broad SMARTS) is 1. The first kappa shape index (κ1) is 17.4. The van der Waals surface area contributed by atoms with Gasteiger partial charge in [0.05, 0.1) is 11.3 Å². The maximum absolute atomic E-state index is 11.1. The molecule has 0 fully saturated rings. The zero-order valence-electron chi connectivity index (χ0n) is 14.4. The van der Waals surface area contributed by atoms with E-state index < -0.39 is 5.97 Å². The number of carbonyl (C=O) groups is 1. The Morgan fingerprint density at radius 3 is 2.52 bits per heavy atom. The van der Waals surface area contributed by atoms with Gasteiger partial charge in [-0.1, -0.05) is 50.2 Å². The first-order valence-corrected chi connectivity index (χ1v) is 9.25. The smallest absolute Gasteiger partial charge is 0.335 e. The fourth-order valence-corrected chi connectivity index (χ4v) is 3.60. The summed E-state index contributed by atoms with van der Waals surface area (Å²) in [4.78, 5) is 15.8. The van der Waals surface area contributed by atoms with Gasteiger partial charge in [0.1, 0.15) is 5.01 Å². The van der Waals surface area contributed by atoms with Gasteiger partial charge in [-0.25, -0.2) is 9.78 Å². The number of hydrogen-bond donors (Lipinski definition) is 1. The van der Waals surface area contributed by atoms with Crippen LogP contribution < -0.4 is 0 Å². The summed E-state index contributed by atoms with van der Waals surface area (Å²) in [5.41, 5.74) is 4.75. The van der Waals surface area contributed by atoms with E-state index in [1.165, 1.54) is 11.1 Å². The molecule has 0 saturated heterocycles. The summed E-state index contributed by atoms with van der Waals surface area (Å²) in [6.07, 6.45) is 1.89. The van der Waals surface area contributed by atoms with Crippen molar-refractivity contribution >= 4 is 17.3 Å². The van der Waals surface area contributed by atoms with E-state index in [1.807, 2.05) is 11.4 Å². The molecule has 0 unspecified atom stereocenters. The summed E-state index contributed by atoms with van der Waals surface area (Å²) < 4.78 is 0. The summed E-state index contributed by atoms with van der Waals surface area (Å²) in [5, 5.41) is 12.0. The zero-order valence-corrected chi connectivity index (χ0v) is 15.2. The minimum atomic E-state index is -0.917. The van der Waals surface area contributed by atoms with Crippen LogP contribution in [-0.2, 0) is 12.8 Å². The first-order chi connectivity index (χ1) is 12.0. The van der Waals surface area contributed by atoms with Crippen LogP contribution in [-0.4, -0.2) is 16.1 Å². The average molecular weight is 351 g/mol. The average Bonchev–Trinajstić information content (AvgIpc) is 3.05. The minimum absolute atomic E-state index is 0.287. The molecule has 2 aromatic carbocycles. The monoisotopic (exact) mass is 351 g/mol. The molecule has 0 aliphatic rings. The quantitative estimate of drug-likeness (QED) is 0.656. The van der Waals surface area contributed by atoms with Gasteiger partial charge in [0.2, 0.25) is 0 Å². The maximum Gasteiger partial charge on any atom is 0.335 e. The molecule has 3 rings (SSSR count). The summed E-state index contributed by atoms with van der Waals surface area (Å²) >= 11 is 1.55. The molecule has 0 aliphatic heterocycles. The molecule has 0 saturated carbocycles. The molecule has 0 radical (unpaired) electrons. The molecular weight excluding hydrogens is 330 g/mol. The van der Waals surface area contributed by atoms with Crippen molar-refractivity contribution in [3.8, 4) is 10.6 Å². The number of aromatic nitrogens is 1. The van der Waals surface area contributed by atoms with E-state index in [1.54, 1.807) is 29.5 Å². The Morgan fingerprint density at radius 1 is 1.12 bits per heavy atom. The number of hydrogen-bond acceptors (Lipinski definition) is 3. The Balaban J connectivity index is 1.73. The van der Waals surface area contributed by atoms with Gasteiger partial charge in [0, 0.05) is 17.4 Å². The fourth-order valence-electron chi connectivity index (χ4n) is 2.78. The summed E-state index contributed by atoms with van der Waals surface area (Å²) in [6, 6.07) is 15.6.